The lowest BCUT2D eigenvalue weighted by atomic mass is 10.2. The summed E-state index contributed by atoms with van der Waals surface area (Å²) in [5.74, 6) is -0.613. The first-order valence-corrected chi connectivity index (χ1v) is 6.61. The van der Waals surface area contributed by atoms with Crippen LogP contribution in [0.2, 0.25) is 0 Å². The number of nitrogens with zero attached hydrogens (tertiary/aromatic N) is 2. The molecule has 1 aromatic rings. The molecule has 6 nitrogen and oxygen atoms in total. The Morgan fingerprint density at radius 3 is 2.95 bits per heavy atom. The van der Waals surface area contributed by atoms with Crippen LogP contribution in [-0.4, -0.2) is 33.8 Å². The largest absolute Gasteiger partial charge is 0.480 e. The topological polar surface area (TPSA) is 103 Å². The summed E-state index contributed by atoms with van der Waals surface area (Å²) in [7, 11) is 0. The number of rotatable bonds is 6. The van der Waals surface area contributed by atoms with Gasteiger partial charge in [-0.3, -0.25) is 4.79 Å². The maximum atomic E-state index is 10.9. The number of pyridine rings is 1. The summed E-state index contributed by atoms with van der Waals surface area (Å²) < 4.78 is 0. The molecule has 19 heavy (non-hydrogen) atoms. The molecule has 0 bridgehead atoms. The van der Waals surface area contributed by atoms with E-state index in [1.54, 1.807) is 12.1 Å². The van der Waals surface area contributed by atoms with Gasteiger partial charge in [0.2, 0.25) is 5.91 Å². The van der Waals surface area contributed by atoms with Gasteiger partial charge in [-0.25, -0.2) is 9.78 Å². The molecule has 100 valence electrons. The smallest absolute Gasteiger partial charge is 0.327 e. The first-order valence-electron chi connectivity index (χ1n) is 5.45. The summed E-state index contributed by atoms with van der Waals surface area (Å²) in [6.45, 7) is 1.28. The molecule has 0 saturated heterocycles. The van der Waals surface area contributed by atoms with Gasteiger partial charge in [0.05, 0.1) is 0 Å². The highest BCUT2D eigenvalue weighted by Crippen LogP contribution is 2.13. The van der Waals surface area contributed by atoms with Gasteiger partial charge in [0.1, 0.15) is 17.8 Å². The van der Waals surface area contributed by atoms with Crippen molar-refractivity contribution >= 4 is 23.6 Å². The molecular weight excluding hydrogens is 266 g/mol. The maximum absolute atomic E-state index is 10.9. The van der Waals surface area contributed by atoms with Crippen LogP contribution in [0.25, 0.3) is 0 Å². The summed E-state index contributed by atoms with van der Waals surface area (Å²) in [6.07, 6.45) is 1.54. The Kier molecular flexibility index (Phi) is 5.82. The highest BCUT2D eigenvalue weighted by molar-refractivity contribution is 7.98. The highest BCUT2D eigenvalue weighted by Gasteiger charge is 2.17. The number of amides is 1. The van der Waals surface area contributed by atoms with E-state index in [1.165, 1.54) is 24.9 Å². The molecule has 0 aliphatic heterocycles. The Morgan fingerprint density at radius 2 is 2.37 bits per heavy atom. The summed E-state index contributed by atoms with van der Waals surface area (Å²) in [6, 6.07) is 4.46. The lowest BCUT2D eigenvalue weighted by Crippen LogP contribution is -2.41. The van der Waals surface area contributed by atoms with Crippen molar-refractivity contribution in [3.05, 3.63) is 29.6 Å². The minimum Gasteiger partial charge on any atom is -0.480 e. The van der Waals surface area contributed by atoms with Crippen molar-refractivity contribution in [2.45, 2.75) is 18.7 Å². The molecule has 1 atom stereocenters. The summed E-state index contributed by atoms with van der Waals surface area (Å²) in [5.41, 5.74) is 1.22. The van der Waals surface area contributed by atoms with Crippen LogP contribution in [0.5, 0.6) is 0 Å². The fourth-order valence-corrected chi connectivity index (χ4v) is 2.33. The van der Waals surface area contributed by atoms with Crippen LogP contribution < -0.4 is 5.32 Å². The van der Waals surface area contributed by atoms with E-state index in [-0.39, 0.29) is 11.7 Å². The highest BCUT2D eigenvalue weighted by atomic mass is 32.2. The van der Waals surface area contributed by atoms with E-state index in [9.17, 15) is 9.59 Å². The van der Waals surface area contributed by atoms with E-state index in [0.717, 1.165) is 5.56 Å². The molecule has 0 aliphatic rings. The van der Waals surface area contributed by atoms with Crippen molar-refractivity contribution in [3.8, 4) is 6.07 Å². The fraction of sp³-hybridized carbons (Fsp3) is 0.333. The molecule has 0 aromatic carbocycles. The lowest BCUT2D eigenvalue weighted by Gasteiger charge is -2.12. The molecule has 0 radical (unpaired) electrons. The predicted molar refractivity (Wildman–Crippen MR) is 70.4 cm³/mol. The number of carboxylic acids is 1. The average Bonchev–Trinajstić information content (AvgIpc) is 2.37. The SMILES string of the molecule is CC(=O)NC(CSCc1ccnc(C#N)c1)C(=O)O. The number of carboxylic acid groups (broad SMARTS) is 1. The summed E-state index contributed by atoms with van der Waals surface area (Å²) in [4.78, 5) is 25.6. The van der Waals surface area contributed by atoms with Crippen molar-refractivity contribution in [2.75, 3.05) is 5.75 Å². The van der Waals surface area contributed by atoms with E-state index < -0.39 is 12.0 Å². The van der Waals surface area contributed by atoms with Gasteiger partial charge in [0.25, 0.3) is 0 Å². The van der Waals surface area contributed by atoms with Crippen LogP contribution in [0.1, 0.15) is 18.2 Å². The Labute approximate surface area is 114 Å². The zero-order valence-electron chi connectivity index (χ0n) is 10.3. The number of hydrogen-bond donors (Lipinski definition) is 2. The Morgan fingerprint density at radius 1 is 1.63 bits per heavy atom. The van der Waals surface area contributed by atoms with E-state index in [4.69, 9.17) is 10.4 Å². The van der Waals surface area contributed by atoms with Crippen molar-refractivity contribution < 1.29 is 14.7 Å². The first kappa shape index (κ1) is 15.0. The van der Waals surface area contributed by atoms with Gasteiger partial charge in [-0.05, 0) is 17.7 Å². The Balaban J connectivity index is 2.49. The number of aliphatic carboxylic acids is 1. The average molecular weight is 279 g/mol. The first-order chi connectivity index (χ1) is 9.02. The van der Waals surface area contributed by atoms with Gasteiger partial charge in [0.15, 0.2) is 0 Å². The predicted octanol–water partition coefficient (Wildman–Crippen LogP) is 0.776. The lowest BCUT2D eigenvalue weighted by molar-refractivity contribution is -0.140. The molecule has 1 unspecified atom stereocenters. The van der Waals surface area contributed by atoms with Gasteiger partial charge in [0, 0.05) is 24.6 Å². The van der Waals surface area contributed by atoms with E-state index in [0.29, 0.717) is 11.4 Å². The van der Waals surface area contributed by atoms with Crippen molar-refractivity contribution in [1.82, 2.24) is 10.3 Å². The molecule has 0 fully saturated rings. The quantitative estimate of drug-likeness (QED) is 0.797. The van der Waals surface area contributed by atoms with E-state index in [2.05, 4.69) is 10.3 Å². The molecule has 0 saturated carbocycles. The van der Waals surface area contributed by atoms with Crippen LogP contribution in [0.3, 0.4) is 0 Å². The Bertz CT molecular complexity index is 513. The third-order valence-corrected chi connectivity index (χ3v) is 3.27. The molecule has 2 N–H and O–H groups in total. The fourth-order valence-electron chi connectivity index (χ4n) is 1.34. The Hall–Kier alpha value is -2.07. The molecule has 1 rings (SSSR count). The number of hydrogen-bond acceptors (Lipinski definition) is 5. The summed E-state index contributed by atoms with van der Waals surface area (Å²) >= 11 is 1.37. The zero-order valence-corrected chi connectivity index (χ0v) is 11.1. The molecular formula is C12H13N3O3S. The normalized spacial score (nSPS) is 11.4. The molecule has 7 heteroatoms. The second kappa shape index (κ2) is 7.38. The van der Waals surface area contributed by atoms with Gasteiger partial charge >= 0.3 is 5.97 Å². The molecule has 0 aliphatic carbocycles. The van der Waals surface area contributed by atoms with Crippen molar-refractivity contribution in [1.29, 1.82) is 5.26 Å². The number of aromatic nitrogens is 1. The van der Waals surface area contributed by atoms with Crippen molar-refractivity contribution in [3.63, 3.8) is 0 Å². The van der Waals surface area contributed by atoms with E-state index in [1.807, 2.05) is 6.07 Å². The summed E-state index contributed by atoms with van der Waals surface area (Å²) in [5, 5.41) is 20.0. The minimum atomic E-state index is -1.06. The maximum Gasteiger partial charge on any atom is 0.327 e. The third-order valence-electron chi connectivity index (χ3n) is 2.17. The van der Waals surface area contributed by atoms with Crippen molar-refractivity contribution in [2.24, 2.45) is 0 Å². The van der Waals surface area contributed by atoms with Crippen LogP contribution >= 0.6 is 11.8 Å². The second-order valence-corrected chi connectivity index (χ2v) is 4.80. The van der Waals surface area contributed by atoms with Crippen LogP contribution in [0, 0.1) is 11.3 Å². The molecule has 1 amide bonds. The molecule has 0 spiro atoms. The van der Waals surface area contributed by atoms with Gasteiger partial charge < -0.3 is 10.4 Å². The number of carbonyl (C=O) groups is 2. The number of nitriles is 1. The molecule has 1 heterocycles. The monoisotopic (exact) mass is 279 g/mol. The van der Waals surface area contributed by atoms with Gasteiger partial charge in [-0.2, -0.15) is 17.0 Å². The second-order valence-electron chi connectivity index (χ2n) is 3.77. The zero-order chi connectivity index (χ0) is 14.3. The molecule has 1 aromatic heterocycles. The minimum absolute atomic E-state index is 0.263. The third kappa shape index (κ3) is 5.40. The number of carbonyl (C=O) groups excluding carboxylic acids is 1. The van der Waals surface area contributed by atoms with Crippen LogP contribution in [0.15, 0.2) is 18.3 Å². The van der Waals surface area contributed by atoms with Gasteiger partial charge in [-0.1, -0.05) is 0 Å². The van der Waals surface area contributed by atoms with Crippen LogP contribution in [0.4, 0.5) is 0 Å². The van der Waals surface area contributed by atoms with Crippen LogP contribution in [-0.2, 0) is 15.3 Å². The number of nitrogens with one attached hydrogen (secondary N) is 1. The number of thioether (sulfide) groups is 1. The van der Waals surface area contributed by atoms with E-state index >= 15 is 0 Å². The van der Waals surface area contributed by atoms with Gasteiger partial charge in [-0.15, -0.1) is 0 Å². The standard InChI is InChI=1S/C12H13N3O3S/c1-8(16)15-11(12(17)18)7-19-6-9-2-3-14-10(4-9)5-13/h2-4,11H,6-7H2,1H3,(H,15,16)(H,17,18).